The minimum atomic E-state index is -0.699. The molecule has 1 aliphatic carbocycles. The fourth-order valence-electron chi connectivity index (χ4n) is 5.06. The average molecular weight is 586 g/mol. The number of benzene rings is 1. The molecule has 0 radical (unpaired) electrons. The van der Waals surface area contributed by atoms with Crippen molar-refractivity contribution in [2.45, 2.75) is 63.8 Å². The zero-order valence-electron chi connectivity index (χ0n) is 21.2. The molecule has 1 aliphatic heterocycles. The Morgan fingerprint density at radius 1 is 1.26 bits per heavy atom. The maximum atomic E-state index is 12.7. The summed E-state index contributed by atoms with van der Waals surface area (Å²) in [6, 6.07) is 6.08. The minimum absolute atomic E-state index is 0.149. The molecule has 1 aromatic carbocycles. The van der Waals surface area contributed by atoms with Crippen molar-refractivity contribution in [3.8, 4) is 5.75 Å². The number of hydrogen-bond acceptors (Lipinski definition) is 9. The summed E-state index contributed by atoms with van der Waals surface area (Å²) >= 11 is 3.70. The number of carbonyl (C=O) groups excluding carboxylic acids is 1. The molecule has 1 saturated carbocycles. The first-order chi connectivity index (χ1) is 18.5. The maximum Gasteiger partial charge on any atom is 0.270 e. The largest absolute Gasteiger partial charge is 0.484 e. The Hall–Kier alpha value is -3.02. The average Bonchev–Trinajstić information content (AvgIpc) is 3.46. The third kappa shape index (κ3) is 6.89. The summed E-state index contributed by atoms with van der Waals surface area (Å²) in [7, 11) is 0. The number of rotatable bonds is 10. The van der Waals surface area contributed by atoms with Crippen molar-refractivity contribution < 1.29 is 19.1 Å². The summed E-state index contributed by atoms with van der Waals surface area (Å²) in [6.45, 7) is 2.43. The highest BCUT2D eigenvalue weighted by molar-refractivity contribution is 9.10. The molecular weight excluding hydrogens is 552 g/mol. The number of fused-ring (bicyclic) bond motifs is 1. The molecule has 11 heteroatoms. The van der Waals surface area contributed by atoms with Crippen LogP contribution in [0.2, 0.25) is 0 Å². The van der Waals surface area contributed by atoms with Gasteiger partial charge >= 0.3 is 0 Å². The Morgan fingerprint density at radius 3 is 2.95 bits per heavy atom. The van der Waals surface area contributed by atoms with Crippen molar-refractivity contribution in [3.63, 3.8) is 0 Å². The van der Waals surface area contributed by atoms with Gasteiger partial charge in [-0.05, 0) is 52.4 Å². The van der Waals surface area contributed by atoms with E-state index in [1.807, 2.05) is 6.07 Å². The number of hydrogen-bond donors (Lipinski definition) is 3. The van der Waals surface area contributed by atoms with E-state index in [0.29, 0.717) is 43.0 Å². The molecule has 1 amide bonds. The topological polar surface area (TPSA) is 126 Å². The minimum Gasteiger partial charge on any atom is -0.484 e. The molecule has 2 aromatic heterocycles. The highest BCUT2D eigenvalue weighted by Gasteiger charge is 2.23. The van der Waals surface area contributed by atoms with E-state index in [0.717, 1.165) is 36.0 Å². The second-order valence-electron chi connectivity index (χ2n) is 9.89. The lowest BCUT2D eigenvalue weighted by Gasteiger charge is -2.31. The SMILES string of the molecule is O=C(NC[C@H](O)CN1CCc2c(ccc(OCc3cnco3)c2Br)C1)c1cc(NC2CCCCC2)ncn1. The Bertz CT molecular complexity index is 1220. The first kappa shape index (κ1) is 26.6. The van der Waals surface area contributed by atoms with Crippen molar-refractivity contribution in [1.29, 1.82) is 0 Å². The summed E-state index contributed by atoms with van der Waals surface area (Å²) in [5, 5.41) is 16.9. The molecule has 38 heavy (non-hydrogen) atoms. The van der Waals surface area contributed by atoms with E-state index in [1.54, 1.807) is 12.3 Å². The molecule has 0 unspecified atom stereocenters. The second-order valence-corrected chi connectivity index (χ2v) is 10.7. The predicted octanol–water partition coefficient (Wildman–Crippen LogP) is 3.70. The van der Waals surface area contributed by atoms with Crippen LogP contribution in [0.25, 0.3) is 0 Å². The highest BCUT2D eigenvalue weighted by atomic mass is 79.9. The van der Waals surface area contributed by atoms with Gasteiger partial charge in [0, 0.05) is 38.3 Å². The van der Waals surface area contributed by atoms with E-state index in [1.165, 1.54) is 43.1 Å². The molecule has 0 bridgehead atoms. The van der Waals surface area contributed by atoms with Crippen LogP contribution >= 0.6 is 15.9 Å². The normalized spacial score (nSPS) is 17.0. The van der Waals surface area contributed by atoms with E-state index in [-0.39, 0.29) is 12.5 Å². The van der Waals surface area contributed by atoms with Crippen LogP contribution in [0.3, 0.4) is 0 Å². The number of halogens is 1. The number of nitrogens with one attached hydrogen (secondary N) is 2. The number of nitrogens with zero attached hydrogens (tertiary/aromatic N) is 4. The highest BCUT2D eigenvalue weighted by Crippen LogP contribution is 2.35. The van der Waals surface area contributed by atoms with E-state index in [4.69, 9.17) is 9.15 Å². The number of aromatic nitrogens is 3. The molecule has 0 saturated heterocycles. The van der Waals surface area contributed by atoms with Gasteiger partial charge in [0.15, 0.2) is 12.2 Å². The number of β-amino-alcohol motifs (C(OH)–C–C–N with tert-alkyl or cyclic N) is 1. The van der Waals surface area contributed by atoms with E-state index in [2.05, 4.69) is 52.5 Å². The quantitative estimate of drug-likeness (QED) is 0.327. The third-order valence-corrected chi connectivity index (χ3v) is 7.92. The summed E-state index contributed by atoms with van der Waals surface area (Å²) < 4.78 is 12.1. The summed E-state index contributed by atoms with van der Waals surface area (Å²) in [4.78, 5) is 27.1. The van der Waals surface area contributed by atoms with Crippen molar-refractivity contribution in [3.05, 3.63) is 64.2 Å². The summed E-state index contributed by atoms with van der Waals surface area (Å²) in [5.41, 5.74) is 2.69. The van der Waals surface area contributed by atoms with Gasteiger partial charge in [-0.1, -0.05) is 25.3 Å². The number of anilines is 1. The molecule has 3 heterocycles. The zero-order valence-corrected chi connectivity index (χ0v) is 22.8. The van der Waals surface area contributed by atoms with Gasteiger partial charge < -0.3 is 24.9 Å². The molecule has 0 spiro atoms. The van der Waals surface area contributed by atoms with E-state index < -0.39 is 6.10 Å². The fraction of sp³-hybridized carbons (Fsp3) is 0.481. The van der Waals surface area contributed by atoms with Crippen LogP contribution in [-0.2, 0) is 19.6 Å². The van der Waals surface area contributed by atoms with Crippen LogP contribution < -0.4 is 15.4 Å². The standard InChI is InChI=1S/C27H33BrN6O4/c28-26-22-8-9-34(13-18(22)6-7-24(26)37-15-21-12-29-17-38-21)14-20(35)11-30-27(36)23-10-25(32-16-31-23)33-19-4-2-1-3-5-19/h6-7,10,12,16-17,19-20,35H,1-5,8-9,11,13-15H2,(H,30,36)(H,31,32,33)/t20-/m0/s1. The molecule has 1 fully saturated rings. The molecule has 10 nitrogen and oxygen atoms in total. The second kappa shape index (κ2) is 12.7. The van der Waals surface area contributed by atoms with E-state index >= 15 is 0 Å². The number of oxazole rings is 1. The monoisotopic (exact) mass is 584 g/mol. The summed E-state index contributed by atoms with van der Waals surface area (Å²) in [6.07, 6.45) is 10.5. The molecule has 3 N–H and O–H groups in total. The Morgan fingerprint density at radius 2 is 2.13 bits per heavy atom. The van der Waals surface area contributed by atoms with Crippen molar-refractivity contribution >= 4 is 27.7 Å². The van der Waals surface area contributed by atoms with Crippen molar-refractivity contribution in [2.24, 2.45) is 0 Å². The molecule has 2 aliphatic rings. The predicted molar refractivity (Wildman–Crippen MR) is 145 cm³/mol. The maximum absolute atomic E-state index is 12.7. The molecule has 202 valence electrons. The zero-order chi connectivity index (χ0) is 26.3. The van der Waals surface area contributed by atoms with Crippen LogP contribution in [0.1, 0.15) is 59.5 Å². The van der Waals surface area contributed by atoms with Crippen LogP contribution in [0.15, 0.2) is 46.0 Å². The van der Waals surface area contributed by atoms with Gasteiger partial charge in [0.05, 0.1) is 16.8 Å². The molecule has 1 atom stereocenters. The molecular formula is C27H33BrN6O4. The van der Waals surface area contributed by atoms with Gasteiger partial charge in [-0.25, -0.2) is 15.0 Å². The third-order valence-electron chi connectivity index (χ3n) is 7.05. The van der Waals surface area contributed by atoms with Crippen molar-refractivity contribution in [2.75, 3.05) is 25.0 Å². The number of amides is 1. The molecule has 5 rings (SSSR count). The number of carbonyl (C=O) groups is 1. The lowest BCUT2D eigenvalue weighted by atomic mass is 9.95. The first-order valence-corrected chi connectivity index (χ1v) is 13.9. The first-order valence-electron chi connectivity index (χ1n) is 13.1. The van der Waals surface area contributed by atoms with Crippen LogP contribution in [-0.4, -0.2) is 62.6 Å². The number of aliphatic hydroxyl groups is 1. The van der Waals surface area contributed by atoms with Crippen LogP contribution in [0, 0.1) is 0 Å². The fourth-order valence-corrected chi connectivity index (χ4v) is 5.76. The van der Waals surface area contributed by atoms with Crippen LogP contribution in [0.5, 0.6) is 5.75 Å². The Kier molecular flexibility index (Phi) is 8.87. The van der Waals surface area contributed by atoms with Gasteiger partial charge in [-0.3, -0.25) is 9.69 Å². The van der Waals surface area contributed by atoms with Crippen molar-refractivity contribution in [1.82, 2.24) is 25.2 Å². The Balaban J connectivity index is 1.09. The number of ether oxygens (including phenoxy) is 1. The summed E-state index contributed by atoms with van der Waals surface area (Å²) in [5.74, 6) is 1.78. The van der Waals surface area contributed by atoms with Gasteiger partial charge in [-0.2, -0.15) is 0 Å². The lowest BCUT2D eigenvalue weighted by Crippen LogP contribution is -2.42. The smallest absolute Gasteiger partial charge is 0.270 e. The Labute approximate surface area is 230 Å². The van der Waals surface area contributed by atoms with Gasteiger partial charge in [0.1, 0.15) is 30.2 Å². The lowest BCUT2D eigenvalue weighted by molar-refractivity contribution is 0.0837. The van der Waals surface area contributed by atoms with Crippen LogP contribution in [0.4, 0.5) is 5.82 Å². The molecule has 3 aromatic rings. The van der Waals surface area contributed by atoms with E-state index in [9.17, 15) is 9.90 Å². The van der Waals surface area contributed by atoms with Gasteiger partial charge in [0.2, 0.25) is 0 Å². The van der Waals surface area contributed by atoms with Gasteiger partial charge in [-0.15, -0.1) is 0 Å². The number of aliphatic hydroxyl groups excluding tert-OH is 1. The van der Waals surface area contributed by atoms with Gasteiger partial charge in [0.25, 0.3) is 5.91 Å².